The number of para-hydroxylation sites is 1. The van der Waals surface area contributed by atoms with Gasteiger partial charge in [0, 0.05) is 23.3 Å². The van der Waals surface area contributed by atoms with Gasteiger partial charge in [-0.1, -0.05) is 25.1 Å². The fourth-order valence-corrected chi connectivity index (χ4v) is 1.98. The van der Waals surface area contributed by atoms with Crippen LogP contribution in [0.25, 0.3) is 0 Å². The van der Waals surface area contributed by atoms with E-state index in [9.17, 15) is 4.79 Å². The van der Waals surface area contributed by atoms with Gasteiger partial charge < -0.3 is 9.84 Å². The minimum Gasteiger partial charge on any atom is -0.496 e. The number of carboxylic acid groups (broad SMARTS) is 1. The first kappa shape index (κ1) is 18.1. The monoisotopic (exact) mass is 292 g/mol. The lowest BCUT2D eigenvalue weighted by atomic mass is 10.2. The van der Waals surface area contributed by atoms with E-state index in [1.807, 2.05) is 31.2 Å². The number of rotatable bonds is 5. The standard InChI is InChI=1S/C12H14O3S.C4H6/c1-9(12(13)14)7-16-8-10-5-3-4-6-11(10)15-2;1-3-4-2/h3-7H,8H2,1-2H3,(H,13,14);1H,4H2,2H3/b9-7+;. The number of ether oxygens (including phenoxy) is 1. The summed E-state index contributed by atoms with van der Waals surface area (Å²) in [6.45, 7) is 3.53. The minimum atomic E-state index is -0.882. The number of methoxy groups -OCH3 is 1. The summed E-state index contributed by atoms with van der Waals surface area (Å²) in [5.41, 5.74) is 1.41. The van der Waals surface area contributed by atoms with Crippen LogP contribution in [0.1, 0.15) is 25.8 Å². The molecule has 108 valence electrons. The Labute approximate surface area is 125 Å². The molecule has 20 heavy (non-hydrogen) atoms. The highest BCUT2D eigenvalue weighted by atomic mass is 32.2. The Bertz CT molecular complexity index is 487. The van der Waals surface area contributed by atoms with Crippen LogP contribution in [0.3, 0.4) is 0 Å². The van der Waals surface area contributed by atoms with Crippen LogP contribution in [0.15, 0.2) is 35.2 Å². The Balaban J connectivity index is 0.000000796. The zero-order valence-corrected chi connectivity index (χ0v) is 12.9. The van der Waals surface area contributed by atoms with Gasteiger partial charge >= 0.3 is 5.97 Å². The Hall–Kier alpha value is -1.86. The van der Waals surface area contributed by atoms with Crippen molar-refractivity contribution in [3.8, 4) is 18.1 Å². The maximum absolute atomic E-state index is 10.6. The molecule has 0 spiro atoms. The summed E-state index contributed by atoms with van der Waals surface area (Å²) in [5, 5.41) is 10.3. The number of benzene rings is 1. The second kappa shape index (κ2) is 11.0. The van der Waals surface area contributed by atoms with Crippen molar-refractivity contribution < 1.29 is 14.6 Å². The SMILES string of the molecule is C#CCC.COc1ccccc1CS/C=C(\C)C(=O)O. The van der Waals surface area contributed by atoms with Crippen molar-refractivity contribution in [1.29, 1.82) is 0 Å². The molecular formula is C16H20O3S. The van der Waals surface area contributed by atoms with Crippen molar-refractivity contribution in [1.82, 2.24) is 0 Å². The van der Waals surface area contributed by atoms with Crippen LogP contribution in [0.2, 0.25) is 0 Å². The molecule has 0 aliphatic heterocycles. The van der Waals surface area contributed by atoms with Crippen molar-refractivity contribution in [3.05, 3.63) is 40.8 Å². The molecule has 1 aromatic carbocycles. The van der Waals surface area contributed by atoms with E-state index in [2.05, 4.69) is 5.92 Å². The average molecular weight is 292 g/mol. The lowest BCUT2D eigenvalue weighted by molar-refractivity contribution is -0.132. The quantitative estimate of drug-likeness (QED) is 0.659. The molecule has 0 radical (unpaired) electrons. The van der Waals surface area contributed by atoms with Gasteiger partial charge in [0.05, 0.1) is 7.11 Å². The van der Waals surface area contributed by atoms with Crippen molar-refractivity contribution in [3.63, 3.8) is 0 Å². The van der Waals surface area contributed by atoms with E-state index in [4.69, 9.17) is 16.3 Å². The smallest absolute Gasteiger partial charge is 0.331 e. The van der Waals surface area contributed by atoms with Gasteiger partial charge in [0.1, 0.15) is 5.75 Å². The summed E-state index contributed by atoms with van der Waals surface area (Å²) in [6, 6.07) is 7.71. The van der Waals surface area contributed by atoms with Crippen LogP contribution in [0.4, 0.5) is 0 Å². The summed E-state index contributed by atoms with van der Waals surface area (Å²) in [7, 11) is 1.63. The number of hydrogen-bond acceptors (Lipinski definition) is 3. The number of terminal acetylenes is 1. The van der Waals surface area contributed by atoms with Gasteiger partial charge in [-0.25, -0.2) is 4.79 Å². The van der Waals surface area contributed by atoms with E-state index in [1.54, 1.807) is 19.4 Å². The average Bonchev–Trinajstić information content (AvgIpc) is 2.47. The third-order valence-corrected chi connectivity index (χ3v) is 3.23. The Morgan fingerprint density at radius 1 is 1.50 bits per heavy atom. The molecule has 1 aromatic rings. The van der Waals surface area contributed by atoms with E-state index < -0.39 is 5.97 Å². The molecular weight excluding hydrogens is 272 g/mol. The van der Waals surface area contributed by atoms with E-state index >= 15 is 0 Å². The largest absolute Gasteiger partial charge is 0.496 e. The summed E-state index contributed by atoms with van der Waals surface area (Å²) in [4.78, 5) is 10.6. The normalized spacial score (nSPS) is 10.0. The first-order chi connectivity index (χ1) is 9.56. The highest BCUT2D eigenvalue weighted by molar-refractivity contribution is 8.01. The molecule has 1 rings (SSSR count). The molecule has 0 aliphatic rings. The fourth-order valence-electron chi connectivity index (χ4n) is 1.13. The molecule has 0 atom stereocenters. The second-order valence-electron chi connectivity index (χ2n) is 3.79. The van der Waals surface area contributed by atoms with Crippen molar-refractivity contribution in [2.24, 2.45) is 0 Å². The van der Waals surface area contributed by atoms with Gasteiger partial charge in [0.25, 0.3) is 0 Å². The van der Waals surface area contributed by atoms with Crippen LogP contribution in [0, 0.1) is 12.3 Å². The first-order valence-electron chi connectivity index (χ1n) is 6.13. The number of thioether (sulfide) groups is 1. The third kappa shape index (κ3) is 7.55. The van der Waals surface area contributed by atoms with E-state index in [-0.39, 0.29) is 0 Å². The zero-order chi connectivity index (χ0) is 15.4. The van der Waals surface area contributed by atoms with Crippen LogP contribution in [-0.2, 0) is 10.5 Å². The molecule has 4 heteroatoms. The molecule has 0 saturated carbocycles. The summed E-state index contributed by atoms with van der Waals surface area (Å²) >= 11 is 1.45. The van der Waals surface area contributed by atoms with Gasteiger partial charge in [-0.3, -0.25) is 0 Å². The Kier molecular flexibility index (Phi) is 9.98. The number of carbonyl (C=O) groups is 1. The molecule has 0 aromatic heterocycles. The third-order valence-electron chi connectivity index (χ3n) is 2.23. The molecule has 1 N–H and O–H groups in total. The Morgan fingerprint density at radius 3 is 2.60 bits per heavy atom. The topological polar surface area (TPSA) is 46.5 Å². The van der Waals surface area contributed by atoms with Gasteiger partial charge in [-0.2, -0.15) is 0 Å². The predicted molar refractivity (Wildman–Crippen MR) is 84.8 cm³/mol. The first-order valence-corrected chi connectivity index (χ1v) is 7.18. The number of hydrogen-bond donors (Lipinski definition) is 1. The Morgan fingerprint density at radius 2 is 2.10 bits per heavy atom. The van der Waals surface area contributed by atoms with E-state index in [0.29, 0.717) is 11.3 Å². The van der Waals surface area contributed by atoms with Crippen molar-refractivity contribution >= 4 is 17.7 Å². The molecule has 0 aliphatic carbocycles. The number of carboxylic acids is 1. The minimum absolute atomic E-state index is 0.347. The second-order valence-corrected chi connectivity index (χ2v) is 4.64. The summed E-state index contributed by atoms with van der Waals surface area (Å²) < 4.78 is 5.20. The van der Waals surface area contributed by atoms with Gasteiger partial charge in [0.15, 0.2) is 0 Å². The predicted octanol–water partition coefficient (Wildman–Crippen LogP) is 3.95. The van der Waals surface area contributed by atoms with Gasteiger partial charge in [0.2, 0.25) is 0 Å². The molecule has 0 unspecified atom stereocenters. The van der Waals surface area contributed by atoms with Crippen LogP contribution in [-0.4, -0.2) is 18.2 Å². The lowest BCUT2D eigenvalue weighted by Crippen LogP contribution is -1.95. The van der Waals surface area contributed by atoms with E-state index in [0.717, 1.165) is 17.7 Å². The molecule has 3 nitrogen and oxygen atoms in total. The molecule has 0 saturated heterocycles. The van der Waals surface area contributed by atoms with Crippen molar-refractivity contribution in [2.75, 3.05) is 7.11 Å². The molecule has 0 bridgehead atoms. The van der Waals surface area contributed by atoms with E-state index in [1.165, 1.54) is 11.8 Å². The fraction of sp³-hybridized carbons (Fsp3) is 0.312. The molecule has 0 amide bonds. The highest BCUT2D eigenvalue weighted by Gasteiger charge is 2.02. The van der Waals surface area contributed by atoms with Crippen LogP contribution < -0.4 is 4.74 Å². The highest BCUT2D eigenvalue weighted by Crippen LogP contribution is 2.23. The summed E-state index contributed by atoms with van der Waals surface area (Å²) in [5.74, 6) is 3.08. The van der Waals surface area contributed by atoms with Gasteiger partial charge in [-0.05, 0) is 18.4 Å². The van der Waals surface area contributed by atoms with Crippen LogP contribution >= 0.6 is 11.8 Å². The van der Waals surface area contributed by atoms with Gasteiger partial charge in [-0.15, -0.1) is 24.1 Å². The maximum atomic E-state index is 10.6. The number of aliphatic carboxylic acids is 1. The lowest BCUT2D eigenvalue weighted by Gasteiger charge is -2.06. The zero-order valence-electron chi connectivity index (χ0n) is 12.1. The van der Waals surface area contributed by atoms with Crippen molar-refractivity contribution in [2.45, 2.75) is 26.0 Å². The maximum Gasteiger partial charge on any atom is 0.331 e. The molecule has 0 fully saturated rings. The summed E-state index contributed by atoms with van der Waals surface area (Å²) in [6.07, 6.45) is 5.62. The van der Waals surface area contributed by atoms with Crippen LogP contribution in [0.5, 0.6) is 5.75 Å². The molecule has 0 heterocycles.